The van der Waals surface area contributed by atoms with Crippen LogP contribution in [0.3, 0.4) is 0 Å². The van der Waals surface area contributed by atoms with Gasteiger partial charge in [-0.25, -0.2) is 0 Å². The molecule has 0 saturated heterocycles. The van der Waals surface area contributed by atoms with Gasteiger partial charge in [-0.2, -0.15) is 0 Å². The summed E-state index contributed by atoms with van der Waals surface area (Å²) in [6.07, 6.45) is 47.6. The minimum Gasteiger partial charge on any atom is -0.397 e. The van der Waals surface area contributed by atoms with E-state index in [9.17, 15) is 0 Å². The predicted molar refractivity (Wildman–Crippen MR) is 202 cm³/mol. The van der Waals surface area contributed by atoms with E-state index in [-0.39, 0.29) is 0 Å². The van der Waals surface area contributed by atoms with E-state index >= 15 is 0 Å². The molecular formula is C42H80N2. The van der Waals surface area contributed by atoms with Gasteiger partial charge in [0.15, 0.2) is 0 Å². The Morgan fingerprint density at radius 2 is 0.614 bits per heavy atom. The number of benzene rings is 1. The minimum atomic E-state index is 0.771. The lowest BCUT2D eigenvalue weighted by Gasteiger charge is -2.15. The molecule has 0 heterocycles. The van der Waals surface area contributed by atoms with Crippen molar-refractivity contribution in [2.45, 2.75) is 232 Å². The van der Waals surface area contributed by atoms with Crippen LogP contribution >= 0.6 is 0 Å². The molecule has 0 aliphatic rings. The van der Waals surface area contributed by atoms with Crippen molar-refractivity contribution < 1.29 is 0 Å². The van der Waals surface area contributed by atoms with Crippen molar-refractivity contribution in [1.29, 1.82) is 0 Å². The Balaban J connectivity index is 2.01. The molecule has 0 aliphatic heterocycles. The van der Waals surface area contributed by atoms with Gasteiger partial charge in [0, 0.05) is 0 Å². The Labute approximate surface area is 277 Å². The van der Waals surface area contributed by atoms with Gasteiger partial charge in [-0.15, -0.1) is 0 Å². The summed E-state index contributed by atoms with van der Waals surface area (Å²) in [5.41, 5.74) is 17.2. The van der Waals surface area contributed by atoms with Crippen LogP contribution in [-0.2, 0) is 12.8 Å². The van der Waals surface area contributed by atoms with E-state index in [1.54, 1.807) is 0 Å². The number of unbranched alkanes of at least 4 members (excludes halogenated alkanes) is 30. The van der Waals surface area contributed by atoms with Gasteiger partial charge in [-0.05, 0) is 42.9 Å². The van der Waals surface area contributed by atoms with Crippen LogP contribution in [0.1, 0.15) is 230 Å². The fourth-order valence-electron chi connectivity index (χ4n) is 6.97. The van der Waals surface area contributed by atoms with Crippen molar-refractivity contribution >= 4 is 11.4 Å². The van der Waals surface area contributed by atoms with Crippen LogP contribution in [0.2, 0.25) is 0 Å². The number of hydrogen-bond donors (Lipinski definition) is 2. The highest BCUT2D eigenvalue weighted by molar-refractivity contribution is 5.69. The highest BCUT2D eigenvalue weighted by Crippen LogP contribution is 2.28. The lowest BCUT2D eigenvalue weighted by molar-refractivity contribution is 0.528. The zero-order chi connectivity index (χ0) is 31.8. The standard InChI is InChI=1S/C42H80N2/c1-3-5-7-9-11-13-15-17-19-21-23-25-27-29-31-33-35-39-37-38-41(43)42(44)40(39)36-34-32-30-28-26-24-22-20-18-16-14-12-10-8-6-4-2/h37-38H,3-36,43-44H2,1-2H3. The molecule has 0 spiro atoms. The number of anilines is 2. The molecule has 0 unspecified atom stereocenters. The second kappa shape index (κ2) is 31.8. The fraction of sp³-hybridized carbons (Fsp3) is 0.857. The molecule has 258 valence electrons. The summed E-state index contributed by atoms with van der Waals surface area (Å²) in [5, 5.41) is 0. The fourth-order valence-corrected chi connectivity index (χ4v) is 6.97. The molecule has 4 N–H and O–H groups in total. The van der Waals surface area contributed by atoms with E-state index in [1.807, 2.05) is 6.07 Å². The Morgan fingerprint density at radius 1 is 0.341 bits per heavy atom. The highest BCUT2D eigenvalue weighted by Gasteiger charge is 2.09. The van der Waals surface area contributed by atoms with Gasteiger partial charge >= 0.3 is 0 Å². The summed E-state index contributed by atoms with van der Waals surface area (Å²) < 4.78 is 0. The first-order valence-electron chi connectivity index (χ1n) is 20.4. The van der Waals surface area contributed by atoms with Gasteiger partial charge in [0.05, 0.1) is 11.4 Å². The summed E-state index contributed by atoms with van der Waals surface area (Å²) in [6, 6.07) is 4.30. The third kappa shape index (κ3) is 24.1. The van der Waals surface area contributed by atoms with Crippen molar-refractivity contribution in [2.24, 2.45) is 0 Å². The second-order valence-corrected chi connectivity index (χ2v) is 14.3. The normalized spacial score (nSPS) is 11.5. The van der Waals surface area contributed by atoms with E-state index in [1.165, 1.54) is 217 Å². The predicted octanol–water partition coefficient (Wildman–Crippen LogP) is 14.5. The molecule has 0 aliphatic carbocycles. The summed E-state index contributed by atoms with van der Waals surface area (Å²) in [7, 11) is 0. The average Bonchev–Trinajstić information content (AvgIpc) is 3.03. The summed E-state index contributed by atoms with van der Waals surface area (Å²) in [6.45, 7) is 4.60. The van der Waals surface area contributed by atoms with E-state index in [2.05, 4.69) is 19.9 Å². The maximum atomic E-state index is 6.49. The molecule has 2 nitrogen and oxygen atoms in total. The maximum Gasteiger partial charge on any atom is 0.0583 e. The van der Waals surface area contributed by atoms with E-state index in [0.29, 0.717) is 0 Å². The quantitative estimate of drug-likeness (QED) is 0.0601. The number of nitrogens with two attached hydrogens (primary N) is 2. The summed E-state index contributed by atoms with van der Waals surface area (Å²) in [4.78, 5) is 0. The topological polar surface area (TPSA) is 52.0 Å². The van der Waals surface area contributed by atoms with Crippen LogP contribution in [0.4, 0.5) is 11.4 Å². The monoisotopic (exact) mass is 613 g/mol. The van der Waals surface area contributed by atoms with Crippen molar-refractivity contribution in [3.8, 4) is 0 Å². The van der Waals surface area contributed by atoms with Crippen LogP contribution in [-0.4, -0.2) is 0 Å². The van der Waals surface area contributed by atoms with Gasteiger partial charge in [0.25, 0.3) is 0 Å². The molecule has 0 aromatic heterocycles. The van der Waals surface area contributed by atoms with Gasteiger partial charge < -0.3 is 11.5 Å². The van der Waals surface area contributed by atoms with Crippen molar-refractivity contribution in [2.75, 3.05) is 11.5 Å². The average molecular weight is 613 g/mol. The molecule has 1 aromatic carbocycles. The number of nitrogen functional groups attached to an aromatic ring is 2. The molecule has 0 fully saturated rings. The first-order valence-corrected chi connectivity index (χ1v) is 20.4. The summed E-state index contributed by atoms with van der Waals surface area (Å²) >= 11 is 0. The first-order chi connectivity index (χ1) is 21.7. The van der Waals surface area contributed by atoms with E-state index in [0.717, 1.165) is 24.2 Å². The van der Waals surface area contributed by atoms with Crippen molar-refractivity contribution in [3.05, 3.63) is 23.3 Å². The zero-order valence-electron chi connectivity index (χ0n) is 30.4. The molecule has 2 heteroatoms. The third-order valence-electron chi connectivity index (χ3n) is 10.1. The van der Waals surface area contributed by atoms with E-state index in [4.69, 9.17) is 11.5 Å². The Kier molecular flexibility index (Phi) is 29.5. The van der Waals surface area contributed by atoms with Crippen molar-refractivity contribution in [3.63, 3.8) is 0 Å². The van der Waals surface area contributed by atoms with Crippen LogP contribution in [0.25, 0.3) is 0 Å². The Bertz CT molecular complexity index is 727. The highest BCUT2D eigenvalue weighted by atomic mass is 14.7. The molecule has 0 atom stereocenters. The van der Waals surface area contributed by atoms with Crippen LogP contribution in [0.15, 0.2) is 12.1 Å². The SMILES string of the molecule is CCCCCCCCCCCCCCCCCCc1ccc(N)c(N)c1CCCCCCCCCCCCCCCCCC. The molecule has 44 heavy (non-hydrogen) atoms. The van der Waals surface area contributed by atoms with Gasteiger partial charge in [0.2, 0.25) is 0 Å². The van der Waals surface area contributed by atoms with Gasteiger partial charge in [-0.1, -0.05) is 213 Å². The van der Waals surface area contributed by atoms with Crippen LogP contribution in [0.5, 0.6) is 0 Å². The second-order valence-electron chi connectivity index (χ2n) is 14.3. The zero-order valence-corrected chi connectivity index (χ0v) is 30.4. The number of rotatable bonds is 34. The van der Waals surface area contributed by atoms with Crippen LogP contribution in [0, 0.1) is 0 Å². The van der Waals surface area contributed by atoms with Crippen molar-refractivity contribution in [1.82, 2.24) is 0 Å². The molecule has 0 amide bonds. The molecule has 1 aromatic rings. The molecule has 0 bridgehead atoms. The third-order valence-corrected chi connectivity index (χ3v) is 10.1. The smallest absolute Gasteiger partial charge is 0.0583 e. The molecule has 0 radical (unpaired) electrons. The van der Waals surface area contributed by atoms with Gasteiger partial charge in [0.1, 0.15) is 0 Å². The number of hydrogen-bond acceptors (Lipinski definition) is 2. The lowest BCUT2D eigenvalue weighted by Crippen LogP contribution is -2.05. The maximum absolute atomic E-state index is 6.49. The minimum absolute atomic E-state index is 0.771. The molecular weight excluding hydrogens is 532 g/mol. The van der Waals surface area contributed by atoms with Gasteiger partial charge in [-0.3, -0.25) is 0 Å². The largest absolute Gasteiger partial charge is 0.397 e. The number of aryl methyl sites for hydroxylation is 1. The Hall–Kier alpha value is -1.18. The van der Waals surface area contributed by atoms with E-state index < -0.39 is 0 Å². The molecule has 0 saturated carbocycles. The molecule has 1 rings (SSSR count). The Morgan fingerprint density at radius 3 is 0.932 bits per heavy atom. The van der Waals surface area contributed by atoms with Crippen LogP contribution < -0.4 is 11.5 Å². The summed E-state index contributed by atoms with van der Waals surface area (Å²) in [5.74, 6) is 0. The first kappa shape index (κ1) is 40.8. The lowest BCUT2D eigenvalue weighted by atomic mass is 9.94.